The lowest BCUT2D eigenvalue weighted by Crippen LogP contribution is -2.40. The standard InChI is InChI=1S/C14H22ClN3O/c1-14(2,3)13-16-11(15)8-12(17-13)18-7-5-6-10(9-18)19-4/h8,10H,5-7,9H2,1-4H3. The molecular weight excluding hydrogens is 262 g/mol. The Morgan fingerprint density at radius 1 is 1.37 bits per heavy atom. The average molecular weight is 284 g/mol. The van der Waals surface area contributed by atoms with Gasteiger partial charge >= 0.3 is 0 Å². The summed E-state index contributed by atoms with van der Waals surface area (Å²) < 4.78 is 5.45. The smallest absolute Gasteiger partial charge is 0.137 e. The Morgan fingerprint density at radius 2 is 2.11 bits per heavy atom. The van der Waals surface area contributed by atoms with Crippen LogP contribution < -0.4 is 4.90 Å². The van der Waals surface area contributed by atoms with E-state index in [1.165, 1.54) is 0 Å². The molecule has 106 valence electrons. The van der Waals surface area contributed by atoms with Crippen molar-refractivity contribution in [2.75, 3.05) is 25.1 Å². The molecule has 4 nitrogen and oxygen atoms in total. The number of anilines is 1. The Balaban J connectivity index is 2.26. The van der Waals surface area contributed by atoms with Crippen LogP contribution in [0.4, 0.5) is 5.82 Å². The highest BCUT2D eigenvalue weighted by molar-refractivity contribution is 6.29. The number of hydrogen-bond acceptors (Lipinski definition) is 4. The first-order valence-electron chi connectivity index (χ1n) is 6.73. The second-order valence-corrected chi connectivity index (χ2v) is 6.46. The van der Waals surface area contributed by atoms with Crippen molar-refractivity contribution in [1.29, 1.82) is 0 Å². The molecule has 0 radical (unpaired) electrons. The van der Waals surface area contributed by atoms with Crippen LogP contribution in [0.5, 0.6) is 0 Å². The topological polar surface area (TPSA) is 38.2 Å². The Kier molecular flexibility index (Phi) is 4.31. The summed E-state index contributed by atoms with van der Waals surface area (Å²) in [6.07, 6.45) is 2.50. The lowest BCUT2D eigenvalue weighted by molar-refractivity contribution is 0.0891. The molecule has 1 aromatic heterocycles. The molecule has 1 fully saturated rings. The number of methoxy groups -OCH3 is 1. The zero-order valence-corrected chi connectivity index (χ0v) is 12.9. The summed E-state index contributed by atoms with van der Waals surface area (Å²) in [7, 11) is 1.77. The van der Waals surface area contributed by atoms with Gasteiger partial charge in [-0.2, -0.15) is 0 Å². The summed E-state index contributed by atoms with van der Waals surface area (Å²) in [6, 6.07) is 1.84. The molecule has 1 aliphatic heterocycles. The lowest BCUT2D eigenvalue weighted by atomic mass is 9.96. The Hall–Kier alpha value is -0.870. The molecule has 0 aromatic carbocycles. The van der Waals surface area contributed by atoms with E-state index in [0.29, 0.717) is 5.15 Å². The summed E-state index contributed by atoms with van der Waals surface area (Å²) in [5.74, 6) is 1.70. The van der Waals surface area contributed by atoms with E-state index in [1.807, 2.05) is 6.07 Å². The summed E-state index contributed by atoms with van der Waals surface area (Å²) >= 11 is 6.14. The molecule has 0 aliphatic carbocycles. The predicted molar refractivity (Wildman–Crippen MR) is 78.0 cm³/mol. The first-order chi connectivity index (χ1) is 8.90. The van der Waals surface area contributed by atoms with Gasteiger partial charge in [-0.15, -0.1) is 0 Å². The third-order valence-electron chi connectivity index (χ3n) is 3.39. The summed E-state index contributed by atoms with van der Waals surface area (Å²) in [6.45, 7) is 8.15. The molecule has 2 rings (SSSR count). The molecular formula is C14H22ClN3O. The van der Waals surface area contributed by atoms with Crippen molar-refractivity contribution < 1.29 is 4.74 Å². The third kappa shape index (κ3) is 3.57. The number of nitrogens with zero attached hydrogens (tertiary/aromatic N) is 3. The molecule has 1 aliphatic rings. The molecule has 19 heavy (non-hydrogen) atoms. The second kappa shape index (κ2) is 5.63. The number of ether oxygens (including phenoxy) is 1. The van der Waals surface area contributed by atoms with Gasteiger partial charge in [0.2, 0.25) is 0 Å². The van der Waals surface area contributed by atoms with Gasteiger partial charge in [0, 0.05) is 31.7 Å². The van der Waals surface area contributed by atoms with Crippen molar-refractivity contribution in [3.63, 3.8) is 0 Å². The highest BCUT2D eigenvalue weighted by Gasteiger charge is 2.24. The maximum Gasteiger partial charge on any atom is 0.137 e. The van der Waals surface area contributed by atoms with Crippen LogP contribution in [0.15, 0.2) is 6.07 Å². The SMILES string of the molecule is COC1CCCN(c2cc(Cl)nc(C(C)(C)C)n2)C1. The molecule has 1 atom stereocenters. The maximum atomic E-state index is 6.14. The van der Waals surface area contributed by atoms with Gasteiger partial charge in [0.15, 0.2) is 0 Å². The monoisotopic (exact) mass is 283 g/mol. The van der Waals surface area contributed by atoms with Crippen molar-refractivity contribution in [2.24, 2.45) is 0 Å². The van der Waals surface area contributed by atoms with E-state index in [2.05, 4.69) is 35.6 Å². The fourth-order valence-corrected chi connectivity index (χ4v) is 2.42. The number of halogens is 1. The molecule has 0 amide bonds. The van der Waals surface area contributed by atoms with Gasteiger partial charge in [0.1, 0.15) is 16.8 Å². The zero-order chi connectivity index (χ0) is 14.0. The average Bonchev–Trinajstić information content (AvgIpc) is 2.37. The van der Waals surface area contributed by atoms with Crippen LogP contribution in [-0.4, -0.2) is 36.3 Å². The van der Waals surface area contributed by atoms with E-state index >= 15 is 0 Å². The number of hydrogen-bond donors (Lipinski definition) is 0. The number of aromatic nitrogens is 2. The fourth-order valence-electron chi connectivity index (χ4n) is 2.24. The van der Waals surface area contributed by atoms with Crippen LogP contribution in [0.1, 0.15) is 39.4 Å². The van der Waals surface area contributed by atoms with Gasteiger partial charge in [0.05, 0.1) is 6.10 Å². The van der Waals surface area contributed by atoms with Gasteiger partial charge in [-0.05, 0) is 12.8 Å². The minimum absolute atomic E-state index is 0.101. The van der Waals surface area contributed by atoms with E-state index < -0.39 is 0 Å². The van der Waals surface area contributed by atoms with Crippen LogP contribution in [0.3, 0.4) is 0 Å². The summed E-state index contributed by atoms with van der Waals surface area (Å²) in [5, 5.41) is 0.509. The molecule has 0 N–H and O–H groups in total. The van der Waals surface area contributed by atoms with Crippen molar-refractivity contribution in [1.82, 2.24) is 9.97 Å². The van der Waals surface area contributed by atoms with E-state index in [1.54, 1.807) is 7.11 Å². The Morgan fingerprint density at radius 3 is 2.74 bits per heavy atom. The normalized spacial score (nSPS) is 20.7. The minimum atomic E-state index is -0.101. The van der Waals surface area contributed by atoms with Gasteiger partial charge < -0.3 is 9.64 Å². The number of rotatable bonds is 2. The van der Waals surface area contributed by atoms with Gasteiger partial charge in [0.25, 0.3) is 0 Å². The largest absolute Gasteiger partial charge is 0.380 e. The van der Waals surface area contributed by atoms with Gasteiger partial charge in [-0.3, -0.25) is 0 Å². The minimum Gasteiger partial charge on any atom is -0.380 e. The van der Waals surface area contributed by atoms with Crippen molar-refractivity contribution >= 4 is 17.4 Å². The Bertz CT molecular complexity index is 445. The van der Waals surface area contributed by atoms with E-state index in [-0.39, 0.29) is 11.5 Å². The molecule has 0 bridgehead atoms. The van der Waals surface area contributed by atoms with Crippen LogP contribution in [-0.2, 0) is 10.2 Å². The quantitative estimate of drug-likeness (QED) is 0.782. The van der Waals surface area contributed by atoms with E-state index in [4.69, 9.17) is 16.3 Å². The van der Waals surface area contributed by atoms with Crippen molar-refractivity contribution in [3.8, 4) is 0 Å². The van der Waals surface area contributed by atoms with Crippen LogP contribution >= 0.6 is 11.6 Å². The molecule has 0 spiro atoms. The zero-order valence-electron chi connectivity index (χ0n) is 12.1. The first kappa shape index (κ1) is 14.5. The summed E-state index contributed by atoms with van der Waals surface area (Å²) in [5.41, 5.74) is -0.101. The van der Waals surface area contributed by atoms with Crippen LogP contribution in [0.25, 0.3) is 0 Å². The summed E-state index contributed by atoms with van der Waals surface area (Å²) in [4.78, 5) is 11.2. The molecule has 2 heterocycles. The first-order valence-corrected chi connectivity index (χ1v) is 7.11. The van der Waals surface area contributed by atoms with E-state index in [0.717, 1.165) is 37.6 Å². The second-order valence-electron chi connectivity index (χ2n) is 6.07. The molecule has 0 saturated carbocycles. The van der Waals surface area contributed by atoms with Crippen molar-refractivity contribution in [3.05, 3.63) is 17.0 Å². The molecule has 1 aromatic rings. The molecule has 1 saturated heterocycles. The van der Waals surface area contributed by atoms with Gasteiger partial charge in [-0.25, -0.2) is 9.97 Å². The van der Waals surface area contributed by atoms with Crippen molar-refractivity contribution in [2.45, 2.75) is 45.1 Å². The van der Waals surface area contributed by atoms with E-state index in [9.17, 15) is 0 Å². The highest BCUT2D eigenvalue weighted by atomic mass is 35.5. The lowest BCUT2D eigenvalue weighted by Gasteiger charge is -2.33. The highest BCUT2D eigenvalue weighted by Crippen LogP contribution is 2.26. The fraction of sp³-hybridized carbons (Fsp3) is 0.714. The van der Waals surface area contributed by atoms with Crippen LogP contribution in [0.2, 0.25) is 5.15 Å². The maximum absolute atomic E-state index is 6.14. The third-order valence-corrected chi connectivity index (χ3v) is 3.58. The van der Waals surface area contributed by atoms with Crippen LogP contribution in [0, 0.1) is 0 Å². The van der Waals surface area contributed by atoms with Gasteiger partial charge in [-0.1, -0.05) is 32.4 Å². The Labute approximate surface area is 120 Å². The number of piperidine rings is 1. The molecule has 5 heteroatoms. The predicted octanol–water partition coefficient (Wildman–Crippen LogP) is 3.04. The molecule has 1 unspecified atom stereocenters.